The third kappa shape index (κ3) is 4.56. The lowest BCUT2D eigenvalue weighted by atomic mass is 10.1. The molecule has 1 aromatic rings. The van der Waals surface area contributed by atoms with Gasteiger partial charge in [0.25, 0.3) is 0 Å². The second-order valence-corrected chi connectivity index (χ2v) is 4.07. The zero-order valence-electron chi connectivity index (χ0n) is 11.0. The molecule has 7 heteroatoms. The molecule has 1 aromatic carbocycles. The van der Waals surface area contributed by atoms with Crippen LogP contribution in [0.1, 0.15) is 25.8 Å². The number of carbonyl (C=O) groups is 2. The normalized spacial score (nSPS) is 11.1. The van der Waals surface area contributed by atoms with Crippen LogP contribution in [0.2, 0.25) is 0 Å². The number of halogens is 3. The molecule has 20 heavy (non-hydrogen) atoms. The zero-order chi connectivity index (χ0) is 15.3. The van der Waals surface area contributed by atoms with Crippen molar-refractivity contribution in [2.24, 2.45) is 0 Å². The van der Waals surface area contributed by atoms with Crippen molar-refractivity contribution in [1.82, 2.24) is 0 Å². The minimum Gasteiger partial charge on any atom is -0.492 e. The summed E-state index contributed by atoms with van der Waals surface area (Å²) in [5.41, 5.74) is -0.767. The van der Waals surface area contributed by atoms with Crippen molar-refractivity contribution in [3.8, 4) is 5.75 Å². The minimum atomic E-state index is -4.49. The van der Waals surface area contributed by atoms with E-state index in [0.717, 1.165) is 18.2 Å². The Kier molecular flexibility index (Phi) is 5.12. The number of hydrogen-bond acceptors (Lipinski definition) is 3. The van der Waals surface area contributed by atoms with Gasteiger partial charge in [0.05, 0.1) is 24.3 Å². The molecule has 0 spiro atoms. The second-order valence-electron chi connectivity index (χ2n) is 4.07. The smallest absolute Gasteiger partial charge is 0.416 e. The van der Waals surface area contributed by atoms with Gasteiger partial charge in [0.2, 0.25) is 5.91 Å². The maximum Gasteiger partial charge on any atom is 0.416 e. The number of hydrogen-bond donors (Lipinski definition) is 1. The number of Topliss-reactive ketones (excluding diaryl/α,β-unsaturated/α-hetero) is 1. The summed E-state index contributed by atoms with van der Waals surface area (Å²) in [6.45, 7) is 3.01. The summed E-state index contributed by atoms with van der Waals surface area (Å²) in [6.07, 6.45) is -4.83. The van der Waals surface area contributed by atoms with Gasteiger partial charge in [-0.25, -0.2) is 0 Å². The summed E-state index contributed by atoms with van der Waals surface area (Å²) in [7, 11) is 0. The van der Waals surface area contributed by atoms with E-state index in [0.29, 0.717) is 0 Å². The largest absolute Gasteiger partial charge is 0.492 e. The molecule has 0 bridgehead atoms. The third-order valence-corrected chi connectivity index (χ3v) is 2.29. The molecule has 0 aliphatic carbocycles. The fourth-order valence-electron chi connectivity index (χ4n) is 1.50. The molecule has 0 saturated heterocycles. The summed E-state index contributed by atoms with van der Waals surface area (Å²) >= 11 is 0. The van der Waals surface area contributed by atoms with Crippen LogP contribution in [0.15, 0.2) is 18.2 Å². The molecule has 0 saturated carbocycles. The predicted octanol–water partition coefficient (Wildman–Crippen LogP) is 3.02. The molecular formula is C13H14F3NO3. The monoisotopic (exact) mass is 289 g/mol. The highest BCUT2D eigenvalue weighted by molar-refractivity contribution is 6.04. The van der Waals surface area contributed by atoms with Crippen LogP contribution >= 0.6 is 0 Å². The number of benzene rings is 1. The molecule has 1 amide bonds. The molecule has 4 nitrogen and oxygen atoms in total. The SMILES string of the molecule is CCOc1cc(C(F)(F)F)ccc1NC(=O)CC(C)=O. The summed E-state index contributed by atoms with van der Waals surface area (Å²) < 4.78 is 42.8. The number of amides is 1. The average Bonchev–Trinajstić information content (AvgIpc) is 2.29. The van der Waals surface area contributed by atoms with E-state index < -0.39 is 17.6 Å². The molecule has 0 radical (unpaired) electrons. The molecule has 0 unspecified atom stereocenters. The fourth-order valence-corrected chi connectivity index (χ4v) is 1.50. The number of rotatable bonds is 5. The van der Waals surface area contributed by atoms with Crippen LogP contribution in [-0.4, -0.2) is 18.3 Å². The van der Waals surface area contributed by atoms with Gasteiger partial charge in [-0.2, -0.15) is 13.2 Å². The van der Waals surface area contributed by atoms with E-state index in [1.54, 1.807) is 6.92 Å². The van der Waals surface area contributed by atoms with Gasteiger partial charge >= 0.3 is 6.18 Å². The van der Waals surface area contributed by atoms with Crippen LogP contribution in [0.4, 0.5) is 18.9 Å². The van der Waals surface area contributed by atoms with Crippen LogP contribution in [-0.2, 0) is 15.8 Å². The molecule has 0 aliphatic rings. The molecule has 0 aliphatic heterocycles. The maximum atomic E-state index is 12.6. The highest BCUT2D eigenvalue weighted by Crippen LogP contribution is 2.35. The van der Waals surface area contributed by atoms with Crippen molar-refractivity contribution >= 4 is 17.4 Å². The fraction of sp³-hybridized carbons (Fsp3) is 0.385. The minimum absolute atomic E-state index is 0.0840. The Morgan fingerprint density at radius 2 is 1.95 bits per heavy atom. The first kappa shape index (κ1) is 16.0. The van der Waals surface area contributed by atoms with Crippen LogP contribution in [0.3, 0.4) is 0 Å². The number of anilines is 1. The standard InChI is InChI=1S/C13H14F3NO3/c1-3-20-11-7-9(13(14,15)16)4-5-10(11)17-12(19)6-8(2)18/h4-5,7H,3,6H2,1-2H3,(H,17,19). The molecule has 0 atom stereocenters. The molecular weight excluding hydrogens is 275 g/mol. The molecule has 110 valence electrons. The Morgan fingerprint density at radius 3 is 2.45 bits per heavy atom. The molecule has 0 aromatic heterocycles. The quantitative estimate of drug-likeness (QED) is 0.848. The Labute approximate surface area is 113 Å². The molecule has 0 fully saturated rings. The van der Waals surface area contributed by atoms with E-state index >= 15 is 0 Å². The van der Waals surface area contributed by atoms with Crippen LogP contribution < -0.4 is 10.1 Å². The lowest BCUT2D eigenvalue weighted by molar-refractivity contribution is -0.137. The van der Waals surface area contributed by atoms with Gasteiger partial charge in [-0.1, -0.05) is 0 Å². The van der Waals surface area contributed by atoms with Crippen LogP contribution in [0.5, 0.6) is 5.75 Å². The Balaban J connectivity index is 3.01. The van der Waals surface area contributed by atoms with Crippen molar-refractivity contribution < 1.29 is 27.5 Å². The lowest BCUT2D eigenvalue weighted by Crippen LogP contribution is -2.16. The van der Waals surface area contributed by atoms with Gasteiger partial charge in [-0.15, -0.1) is 0 Å². The third-order valence-electron chi connectivity index (χ3n) is 2.29. The molecule has 1 rings (SSSR count). The van der Waals surface area contributed by atoms with Gasteiger partial charge in [0.15, 0.2) is 0 Å². The Hall–Kier alpha value is -2.05. The topological polar surface area (TPSA) is 55.4 Å². The highest BCUT2D eigenvalue weighted by Gasteiger charge is 2.31. The summed E-state index contributed by atoms with van der Waals surface area (Å²) in [4.78, 5) is 22.3. The van der Waals surface area contributed by atoms with Gasteiger partial charge in [0.1, 0.15) is 11.5 Å². The van der Waals surface area contributed by atoms with Gasteiger partial charge < -0.3 is 10.1 Å². The summed E-state index contributed by atoms with van der Waals surface area (Å²) in [5.74, 6) is -1.02. The number of carbonyl (C=O) groups excluding carboxylic acids is 2. The van der Waals surface area contributed by atoms with Crippen molar-refractivity contribution in [3.05, 3.63) is 23.8 Å². The van der Waals surface area contributed by atoms with Crippen LogP contribution in [0.25, 0.3) is 0 Å². The molecule has 0 heterocycles. The number of nitrogens with one attached hydrogen (secondary N) is 1. The lowest BCUT2D eigenvalue weighted by Gasteiger charge is -2.14. The van der Waals surface area contributed by atoms with Gasteiger partial charge in [-0.3, -0.25) is 9.59 Å². The highest BCUT2D eigenvalue weighted by atomic mass is 19.4. The predicted molar refractivity (Wildman–Crippen MR) is 66.5 cm³/mol. The van der Waals surface area contributed by atoms with E-state index in [-0.39, 0.29) is 30.2 Å². The van der Waals surface area contributed by atoms with E-state index in [9.17, 15) is 22.8 Å². The van der Waals surface area contributed by atoms with Crippen molar-refractivity contribution in [1.29, 1.82) is 0 Å². The van der Waals surface area contributed by atoms with Crippen molar-refractivity contribution in [2.75, 3.05) is 11.9 Å². The molecule has 1 N–H and O–H groups in total. The van der Waals surface area contributed by atoms with E-state index in [1.807, 2.05) is 0 Å². The van der Waals surface area contributed by atoms with Crippen LogP contribution in [0, 0.1) is 0 Å². The number of ether oxygens (including phenoxy) is 1. The summed E-state index contributed by atoms with van der Waals surface area (Å²) in [5, 5.41) is 2.35. The Morgan fingerprint density at radius 1 is 1.30 bits per heavy atom. The van der Waals surface area contributed by atoms with Crippen molar-refractivity contribution in [3.63, 3.8) is 0 Å². The Bertz CT molecular complexity index is 512. The van der Waals surface area contributed by atoms with E-state index in [4.69, 9.17) is 4.74 Å². The maximum absolute atomic E-state index is 12.6. The number of ketones is 1. The van der Waals surface area contributed by atoms with Gasteiger partial charge in [0, 0.05) is 0 Å². The first-order valence-corrected chi connectivity index (χ1v) is 5.87. The van der Waals surface area contributed by atoms with E-state index in [2.05, 4.69) is 5.32 Å². The van der Waals surface area contributed by atoms with E-state index in [1.165, 1.54) is 6.92 Å². The zero-order valence-corrected chi connectivity index (χ0v) is 11.0. The van der Waals surface area contributed by atoms with Crippen molar-refractivity contribution in [2.45, 2.75) is 26.4 Å². The van der Waals surface area contributed by atoms with Gasteiger partial charge in [-0.05, 0) is 32.0 Å². The first-order chi connectivity index (χ1) is 9.24. The second kappa shape index (κ2) is 6.40. The number of alkyl halides is 3. The summed E-state index contributed by atoms with van der Waals surface area (Å²) in [6, 6.07) is 2.75. The average molecular weight is 289 g/mol. The first-order valence-electron chi connectivity index (χ1n) is 5.87.